The molecule has 1 atom stereocenters. The van der Waals surface area contributed by atoms with E-state index in [-0.39, 0.29) is 12.1 Å². The predicted molar refractivity (Wildman–Crippen MR) is 121 cm³/mol. The van der Waals surface area contributed by atoms with Crippen molar-refractivity contribution < 1.29 is 14.3 Å². The van der Waals surface area contributed by atoms with Crippen molar-refractivity contribution >= 4 is 5.97 Å². The molecule has 3 nitrogen and oxygen atoms in total. The molecule has 168 valence electrons. The maximum Gasteiger partial charge on any atom is 0.334 e. The van der Waals surface area contributed by atoms with Gasteiger partial charge in [0, 0.05) is 7.11 Å². The second-order valence-corrected chi connectivity index (χ2v) is 8.40. The summed E-state index contributed by atoms with van der Waals surface area (Å²) in [5.74, 6) is -0.245. The second-order valence-electron chi connectivity index (χ2n) is 8.40. The zero-order valence-corrected chi connectivity index (χ0v) is 19.4. The van der Waals surface area contributed by atoms with Gasteiger partial charge < -0.3 is 9.47 Å². The molecule has 0 fully saturated rings. The Bertz CT molecular complexity index is 317. The largest absolute Gasteiger partial charge is 0.467 e. The van der Waals surface area contributed by atoms with Gasteiger partial charge in [0.2, 0.25) is 0 Å². The number of carbonyl (C=O) groups is 1. The Hall–Kier alpha value is -0.570. The number of hydrogen-bond acceptors (Lipinski definition) is 3. The van der Waals surface area contributed by atoms with Crippen molar-refractivity contribution in [3.8, 4) is 0 Å². The Morgan fingerprint density at radius 3 is 1.18 bits per heavy atom. The monoisotopic (exact) mass is 398 g/mol. The second kappa shape index (κ2) is 22.7. The lowest BCUT2D eigenvalue weighted by atomic mass is 10.0. The van der Waals surface area contributed by atoms with Gasteiger partial charge in [-0.05, 0) is 6.42 Å². The van der Waals surface area contributed by atoms with Crippen LogP contribution in [0.4, 0.5) is 0 Å². The molecule has 0 aromatic heterocycles. The number of esters is 1. The van der Waals surface area contributed by atoms with Gasteiger partial charge in [0.05, 0.1) is 7.11 Å². The Morgan fingerprint density at radius 2 is 0.893 bits per heavy atom. The highest BCUT2D eigenvalue weighted by Gasteiger charge is 2.17. The fraction of sp³-hybridized carbons (Fsp3) is 0.960. The van der Waals surface area contributed by atoms with Gasteiger partial charge in [-0.25, -0.2) is 4.79 Å². The quantitative estimate of drug-likeness (QED) is 0.137. The summed E-state index contributed by atoms with van der Waals surface area (Å²) in [5, 5.41) is 0. The average molecular weight is 399 g/mol. The van der Waals surface area contributed by atoms with Crippen molar-refractivity contribution in [3.63, 3.8) is 0 Å². The van der Waals surface area contributed by atoms with Crippen LogP contribution in [0.5, 0.6) is 0 Å². The van der Waals surface area contributed by atoms with Crippen LogP contribution in [0.3, 0.4) is 0 Å². The van der Waals surface area contributed by atoms with E-state index in [1.807, 2.05) is 0 Å². The lowest BCUT2D eigenvalue weighted by Gasteiger charge is -2.12. The van der Waals surface area contributed by atoms with Gasteiger partial charge in [-0.15, -0.1) is 0 Å². The van der Waals surface area contributed by atoms with E-state index in [1.54, 1.807) is 7.11 Å². The van der Waals surface area contributed by atoms with Crippen LogP contribution in [0.15, 0.2) is 0 Å². The molecular weight excluding hydrogens is 348 g/mol. The van der Waals surface area contributed by atoms with Gasteiger partial charge in [-0.3, -0.25) is 0 Å². The van der Waals surface area contributed by atoms with Crippen LogP contribution >= 0.6 is 0 Å². The first-order valence-electron chi connectivity index (χ1n) is 12.4. The van der Waals surface area contributed by atoms with Crippen LogP contribution in [0.25, 0.3) is 0 Å². The van der Waals surface area contributed by atoms with Crippen molar-refractivity contribution in [2.45, 2.75) is 141 Å². The highest BCUT2D eigenvalue weighted by Crippen LogP contribution is 2.15. The predicted octanol–water partition coefficient (Wildman–Crippen LogP) is 8.00. The Kier molecular flexibility index (Phi) is 22.3. The number of ether oxygens (including phenoxy) is 2. The van der Waals surface area contributed by atoms with E-state index in [0.717, 1.165) is 12.8 Å². The van der Waals surface area contributed by atoms with E-state index < -0.39 is 0 Å². The molecule has 28 heavy (non-hydrogen) atoms. The van der Waals surface area contributed by atoms with Gasteiger partial charge in [-0.2, -0.15) is 0 Å². The van der Waals surface area contributed by atoms with Crippen LogP contribution in [-0.4, -0.2) is 26.3 Å². The van der Waals surface area contributed by atoms with Gasteiger partial charge in [-0.1, -0.05) is 129 Å². The van der Waals surface area contributed by atoms with Gasteiger partial charge in [0.25, 0.3) is 0 Å². The number of methoxy groups -OCH3 is 2. The van der Waals surface area contributed by atoms with Crippen LogP contribution in [0, 0.1) is 0 Å². The summed E-state index contributed by atoms with van der Waals surface area (Å²) < 4.78 is 9.90. The molecule has 0 saturated heterocycles. The van der Waals surface area contributed by atoms with E-state index in [9.17, 15) is 4.79 Å². The molecule has 0 radical (unpaired) electrons. The zero-order chi connectivity index (χ0) is 20.7. The summed E-state index contributed by atoms with van der Waals surface area (Å²) in [7, 11) is 3.00. The van der Waals surface area contributed by atoms with E-state index in [1.165, 1.54) is 123 Å². The van der Waals surface area contributed by atoms with E-state index >= 15 is 0 Å². The fourth-order valence-electron chi connectivity index (χ4n) is 3.87. The molecule has 0 amide bonds. The first-order valence-corrected chi connectivity index (χ1v) is 12.4. The lowest BCUT2D eigenvalue weighted by molar-refractivity contribution is -0.152. The van der Waals surface area contributed by atoms with Crippen molar-refractivity contribution in [3.05, 3.63) is 0 Å². The third-order valence-electron chi connectivity index (χ3n) is 5.82. The highest BCUT2D eigenvalue weighted by molar-refractivity contribution is 5.74. The molecule has 0 spiro atoms. The van der Waals surface area contributed by atoms with Gasteiger partial charge in [0.15, 0.2) is 6.10 Å². The first kappa shape index (κ1) is 27.4. The van der Waals surface area contributed by atoms with Crippen molar-refractivity contribution in [2.75, 3.05) is 14.2 Å². The summed E-state index contributed by atoms with van der Waals surface area (Å²) >= 11 is 0. The maximum atomic E-state index is 11.4. The highest BCUT2D eigenvalue weighted by atomic mass is 16.6. The lowest BCUT2D eigenvalue weighted by Crippen LogP contribution is -2.24. The summed E-state index contributed by atoms with van der Waals surface area (Å²) in [4.78, 5) is 11.4. The standard InChI is InChI=1S/C25H50O3/c1-4-5-6-7-8-9-10-11-12-13-14-15-16-17-18-19-20-21-22-23-24(27-2)25(26)28-3/h24H,4-23H2,1-3H3. The molecular formula is C25H50O3. The van der Waals surface area contributed by atoms with E-state index in [4.69, 9.17) is 9.47 Å². The van der Waals surface area contributed by atoms with Crippen LogP contribution < -0.4 is 0 Å². The average Bonchev–Trinajstić information content (AvgIpc) is 2.72. The summed E-state index contributed by atoms with van der Waals surface area (Å²) in [6.45, 7) is 2.29. The molecule has 0 aliphatic heterocycles. The molecule has 3 heteroatoms. The Morgan fingerprint density at radius 1 is 0.571 bits per heavy atom. The third-order valence-corrected chi connectivity index (χ3v) is 5.82. The topological polar surface area (TPSA) is 35.5 Å². The number of unbranched alkanes of at least 4 members (excludes halogenated alkanes) is 18. The van der Waals surface area contributed by atoms with E-state index in [2.05, 4.69) is 6.92 Å². The van der Waals surface area contributed by atoms with Crippen molar-refractivity contribution in [1.82, 2.24) is 0 Å². The van der Waals surface area contributed by atoms with Crippen LogP contribution in [0.2, 0.25) is 0 Å². The van der Waals surface area contributed by atoms with Gasteiger partial charge in [0.1, 0.15) is 0 Å². The number of carbonyl (C=O) groups excluding carboxylic acids is 1. The smallest absolute Gasteiger partial charge is 0.334 e. The molecule has 0 rings (SSSR count). The third kappa shape index (κ3) is 18.8. The molecule has 0 aliphatic rings. The minimum absolute atomic E-state index is 0.245. The van der Waals surface area contributed by atoms with Crippen LogP contribution in [-0.2, 0) is 14.3 Å². The fourth-order valence-corrected chi connectivity index (χ4v) is 3.87. The minimum atomic E-state index is -0.379. The molecule has 0 heterocycles. The molecule has 0 aliphatic carbocycles. The van der Waals surface area contributed by atoms with Crippen molar-refractivity contribution in [2.24, 2.45) is 0 Å². The summed E-state index contributed by atoms with van der Waals surface area (Å²) in [6.07, 6.45) is 26.6. The van der Waals surface area contributed by atoms with Crippen molar-refractivity contribution in [1.29, 1.82) is 0 Å². The summed E-state index contributed by atoms with van der Waals surface area (Å²) in [6, 6.07) is 0. The number of hydrogen-bond donors (Lipinski definition) is 0. The first-order chi connectivity index (χ1) is 13.8. The Balaban J connectivity index is 3.15. The molecule has 0 bridgehead atoms. The molecule has 0 aromatic rings. The van der Waals surface area contributed by atoms with Crippen LogP contribution in [0.1, 0.15) is 135 Å². The normalized spacial score (nSPS) is 12.2. The summed E-state index contributed by atoms with van der Waals surface area (Å²) in [5.41, 5.74) is 0. The number of rotatable bonds is 22. The maximum absolute atomic E-state index is 11.4. The zero-order valence-electron chi connectivity index (χ0n) is 19.4. The molecule has 0 N–H and O–H groups in total. The van der Waals surface area contributed by atoms with E-state index in [0.29, 0.717) is 0 Å². The Labute approximate surface area is 176 Å². The minimum Gasteiger partial charge on any atom is -0.467 e. The SMILES string of the molecule is CCCCCCCCCCCCCCCCCCCCCC(OC)C(=O)OC. The van der Waals surface area contributed by atoms with Gasteiger partial charge >= 0.3 is 5.97 Å². The molecule has 0 saturated carbocycles. The molecule has 0 aromatic carbocycles. The molecule has 1 unspecified atom stereocenters.